The van der Waals surface area contributed by atoms with E-state index in [1.165, 1.54) is 19.3 Å². The molecule has 1 fully saturated rings. The first-order chi connectivity index (χ1) is 5.08. The van der Waals surface area contributed by atoms with Crippen molar-refractivity contribution in [2.75, 3.05) is 6.61 Å². The van der Waals surface area contributed by atoms with Crippen molar-refractivity contribution >= 4 is 0 Å². The summed E-state index contributed by atoms with van der Waals surface area (Å²) >= 11 is 0. The molecule has 1 aliphatic carbocycles. The summed E-state index contributed by atoms with van der Waals surface area (Å²) in [5.41, 5.74) is 5.74. The molecule has 0 aromatic rings. The third kappa shape index (κ3) is 3.73. The zero-order valence-corrected chi connectivity index (χ0v) is 7.60. The monoisotopic (exact) mass is 157 g/mol. The minimum absolute atomic E-state index is 0.0657. The van der Waals surface area contributed by atoms with Crippen molar-refractivity contribution in [1.82, 2.24) is 0 Å². The lowest BCUT2D eigenvalue weighted by Gasteiger charge is -2.27. The molecule has 0 heterocycles. The molecule has 0 aromatic carbocycles. The maximum absolute atomic E-state index is 5.80. The van der Waals surface area contributed by atoms with Crippen LogP contribution in [-0.2, 0) is 4.74 Å². The van der Waals surface area contributed by atoms with Crippen LogP contribution in [0.4, 0.5) is 0 Å². The van der Waals surface area contributed by atoms with E-state index in [0.717, 1.165) is 13.0 Å². The average molecular weight is 157 g/mol. The molecule has 0 aliphatic heterocycles. The Kier molecular flexibility index (Phi) is 2.90. The van der Waals surface area contributed by atoms with Crippen molar-refractivity contribution in [2.24, 2.45) is 5.73 Å². The minimum Gasteiger partial charge on any atom is -0.378 e. The molecule has 0 saturated heterocycles. The highest BCUT2D eigenvalue weighted by Crippen LogP contribution is 2.22. The number of rotatable bonds is 4. The van der Waals surface area contributed by atoms with E-state index in [2.05, 4.69) is 0 Å². The molecular formula is C9H19NO. The lowest BCUT2D eigenvalue weighted by Crippen LogP contribution is -2.34. The lowest BCUT2D eigenvalue weighted by atomic mass is 9.96. The average Bonchev–Trinajstić information content (AvgIpc) is 1.73. The van der Waals surface area contributed by atoms with E-state index in [0.29, 0.717) is 6.10 Å². The van der Waals surface area contributed by atoms with Gasteiger partial charge in [-0.25, -0.2) is 0 Å². The number of nitrogens with two attached hydrogens (primary N) is 1. The second-order valence-corrected chi connectivity index (χ2v) is 4.16. The largest absolute Gasteiger partial charge is 0.378 e. The summed E-state index contributed by atoms with van der Waals surface area (Å²) in [7, 11) is 0. The fourth-order valence-corrected chi connectivity index (χ4v) is 1.03. The Labute approximate surface area is 69.1 Å². The number of hydrogen-bond donors (Lipinski definition) is 1. The molecule has 0 atom stereocenters. The minimum atomic E-state index is -0.0657. The summed E-state index contributed by atoms with van der Waals surface area (Å²) in [5.74, 6) is 0. The van der Waals surface area contributed by atoms with Crippen LogP contribution in [-0.4, -0.2) is 18.2 Å². The molecule has 0 bridgehead atoms. The van der Waals surface area contributed by atoms with Gasteiger partial charge in [0, 0.05) is 12.1 Å². The van der Waals surface area contributed by atoms with Crippen LogP contribution < -0.4 is 5.73 Å². The van der Waals surface area contributed by atoms with E-state index in [1.54, 1.807) is 0 Å². The van der Waals surface area contributed by atoms with Gasteiger partial charge in [-0.15, -0.1) is 0 Å². The highest BCUT2D eigenvalue weighted by molar-refractivity contribution is 4.73. The fraction of sp³-hybridized carbons (Fsp3) is 1.00. The Morgan fingerprint density at radius 2 is 2.09 bits per heavy atom. The molecule has 2 nitrogen and oxygen atoms in total. The van der Waals surface area contributed by atoms with Crippen LogP contribution in [0.25, 0.3) is 0 Å². The molecule has 2 N–H and O–H groups in total. The molecule has 0 aromatic heterocycles. The van der Waals surface area contributed by atoms with Gasteiger partial charge in [0.1, 0.15) is 0 Å². The standard InChI is InChI=1S/C9H19NO/c1-9(2,10)6-7-11-8-4-3-5-8/h8H,3-7,10H2,1-2H3. The molecule has 1 aliphatic rings. The molecule has 0 unspecified atom stereocenters. The first-order valence-electron chi connectivity index (χ1n) is 4.48. The van der Waals surface area contributed by atoms with Gasteiger partial charge in [0.15, 0.2) is 0 Å². The van der Waals surface area contributed by atoms with Crippen LogP contribution in [0.15, 0.2) is 0 Å². The van der Waals surface area contributed by atoms with Crippen LogP contribution in [0, 0.1) is 0 Å². The molecule has 1 rings (SSSR count). The van der Waals surface area contributed by atoms with Crippen molar-refractivity contribution in [1.29, 1.82) is 0 Å². The van der Waals surface area contributed by atoms with Gasteiger partial charge >= 0.3 is 0 Å². The van der Waals surface area contributed by atoms with Gasteiger partial charge in [-0.05, 0) is 39.5 Å². The molecule has 0 amide bonds. The molecule has 1 saturated carbocycles. The zero-order chi connectivity index (χ0) is 8.32. The molecular weight excluding hydrogens is 138 g/mol. The van der Waals surface area contributed by atoms with Crippen molar-refractivity contribution in [3.8, 4) is 0 Å². The van der Waals surface area contributed by atoms with Gasteiger partial charge in [0.25, 0.3) is 0 Å². The SMILES string of the molecule is CC(C)(N)CCOC1CCC1. The van der Waals surface area contributed by atoms with E-state index in [1.807, 2.05) is 13.8 Å². The van der Waals surface area contributed by atoms with Gasteiger partial charge in [-0.1, -0.05) is 0 Å². The summed E-state index contributed by atoms with van der Waals surface area (Å²) in [6.07, 6.45) is 5.37. The zero-order valence-electron chi connectivity index (χ0n) is 7.60. The van der Waals surface area contributed by atoms with Crippen LogP contribution in [0.5, 0.6) is 0 Å². The van der Waals surface area contributed by atoms with Crippen molar-refractivity contribution in [3.05, 3.63) is 0 Å². The second-order valence-electron chi connectivity index (χ2n) is 4.16. The fourth-order valence-electron chi connectivity index (χ4n) is 1.03. The quantitative estimate of drug-likeness (QED) is 0.674. The third-order valence-corrected chi connectivity index (χ3v) is 2.15. The van der Waals surface area contributed by atoms with Gasteiger partial charge in [-0.2, -0.15) is 0 Å². The van der Waals surface area contributed by atoms with Crippen molar-refractivity contribution < 1.29 is 4.74 Å². The molecule has 0 radical (unpaired) electrons. The normalized spacial score (nSPS) is 19.9. The molecule has 0 spiro atoms. The van der Waals surface area contributed by atoms with Crippen LogP contribution in [0.1, 0.15) is 39.5 Å². The van der Waals surface area contributed by atoms with Gasteiger partial charge in [0.2, 0.25) is 0 Å². The summed E-state index contributed by atoms with van der Waals surface area (Å²) in [6, 6.07) is 0. The van der Waals surface area contributed by atoms with Gasteiger partial charge < -0.3 is 10.5 Å². The van der Waals surface area contributed by atoms with Gasteiger partial charge in [-0.3, -0.25) is 0 Å². The van der Waals surface area contributed by atoms with E-state index >= 15 is 0 Å². The van der Waals surface area contributed by atoms with Crippen molar-refractivity contribution in [2.45, 2.75) is 51.2 Å². The molecule has 2 heteroatoms. The maximum atomic E-state index is 5.80. The van der Waals surface area contributed by atoms with E-state index in [9.17, 15) is 0 Å². The number of hydrogen-bond acceptors (Lipinski definition) is 2. The van der Waals surface area contributed by atoms with E-state index in [-0.39, 0.29) is 5.54 Å². The predicted molar refractivity (Wildman–Crippen MR) is 46.5 cm³/mol. The smallest absolute Gasteiger partial charge is 0.0575 e. The van der Waals surface area contributed by atoms with Crippen molar-refractivity contribution in [3.63, 3.8) is 0 Å². The van der Waals surface area contributed by atoms with Crippen LogP contribution >= 0.6 is 0 Å². The highest BCUT2D eigenvalue weighted by atomic mass is 16.5. The first kappa shape index (κ1) is 9.01. The second kappa shape index (κ2) is 3.55. The number of ether oxygens (including phenoxy) is 1. The molecule has 66 valence electrons. The Morgan fingerprint density at radius 3 is 2.45 bits per heavy atom. The lowest BCUT2D eigenvalue weighted by molar-refractivity contribution is -0.00381. The first-order valence-corrected chi connectivity index (χ1v) is 4.48. The summed E-state index contributed by atoms with van der Waals surface area (Å²) in [6.45, 7) is 4.91. The summed E-state index contributed by atoms with van der Waals surface area (Å²) in [5, 5.41) is 0. The Balaban J connectivity index is 1.95. The maximum Gasteiger partial charge on any atom is 0.0575 e. The van der Waals surface area contributed by atoms with Crippen LogP contribution in [0.2, 0.25) is 0 Å². The van der Waals surface area contributed by atoms with E-state index < -0.39 is 0 Å². The third-order valence-electron chi connectivity index (χ3n) is 2.15. The Morgan fingerprint density at radius 1 is 1.45 bits per heavy atom. The molecule has 11 heavy (non-hydrogen) atoms. The van der Waals surface area contributed by atoms with Gasteiger partial charge in [0.05, 0.1) is 6.10 Å². The van der Waals surface area contributed by atoms with Crippen LogP contribution in [0.3, 0.4) is 0 Å². The highest BCUT2D eigenvalue weighted by Gasteiger charge is 2.18. The topological polar surface area (TPSA) is 35.2 Å². The summed E-state index contributed by atoms with van der Waals surface area (Å²) in [4.78, 5) is 0. The summed E-state index contributed by atoms with van der Waals surface area (Å²) < 4.78 is 5.57. The Bertz CT molecular complexity index is 113. The van der Waals surface area contributed by atoms with E-state index in [4.69, 9.17) is 10.5 Å². The Hall–Kier alpha value is -0.0800. The predicted octanol–water partition coefficient (Wildman–Crippen LogP) is 1.68.